The van der Waals surface area contributed by atoms with Gasteiger partial charge in [0.15, 0.2) is 5.82 Å². The summed E-state index contributed by atoms with van der Waals surface area (Å²) < 4.78 is 4.55. The van der Waals surface area contributed by atoms with Crippen molar-refractivity contribution in [1.29, 1.82) is 0 Å². The smallest absolute Gasteiger partial charge is 0.160 e. The summed E-state index contributed by atoms with van der Waals surface area (Å²) in [5.41, 5.74) is 4.96. The van der Waals surface area contributed by atoms with Crippen LogP contribution in [0.4, 0.5) is 0 Å². The first-order valence-electron chi connectivity index (χ1n) is 10.5. The van der Waals surface area contributed by atoms with Crippen LogP contribution < -0.4 is 0 Å². The van der Waals surface area contributed by atoms with Crippen molar-refractivity contribution in [3.63, 3.8) is 0 Å². The molecule has 2 heterocycles. The van der Waals surface area contributed by atoms with Crippen LogP contribution in [0.1, 0.15) is 0 Å². The Morgan fingerprint density at radius 3 is 2.09 bits per heavy atom. The molecule has 0 unspecified atom stereocenters. The Labute approximate surface area is 212 Å². The van der Waals surface area contributed by atoms with Crippen molar-refractivity contribution in [2.24, 2.45) is 0 Å². The first kappa shape index (κ1) is 20.7. The average molecular weight is 572 g/mol. The zero-order valence-corrected chi connectivity index (χ0v) is 21.3. The zero-order chi connectivity index (χ0) is 22.4. The molecule has 0 aliphatic heterocycles. The maximum absolute atomic E-state index is 5.05. The van der Waals surface area contributed by atoms with Crippen molar-refractivity contribution in [3.8, 4) is 33.9 Å². The van der Waals surface area contributed by atoms with Crippen LogP contribution in [0.2, 0.25) is 0 Å². The van der Waals surface area contributed by atoms with E-state index in [9.17, 15) is 0 Å². The van der Waals surface area contributed by atoms with Gasteiger partial charge in [0.2, 0.25) is 0 Å². The Kier molecular flexibility index (Phi) is 5.33. The summed E-state index contributed by atoms with van der Waals surface area (Å²) in [7, 11) is 0. The van der Waals surface area contributed by atoms with E-state index in [-0.39, 0.29) is 0 Å². The molecule has 0 radical (unpaired) electrons. The van der Waals surface area contributed by atoms with E-state index < -0.39 is 0 Å². The third-order valence-corrected chi connectivity index (χ3v) is 7.65. The van der Waals surface area contributed by atoms with Crippen molar-refractivity contribution in [1.82, 2.24) is 9.97 Å². The van der Waals surface area contributed by atoms with Gasteiger partial charge in [-0.3, -0.25) is 0 Å². The topological polar surface area (TPSA) is 25.8 Å². The van der Waals surface area contributed by atoms with Crippen molar-refractivity contribution >= 4 is 63.4 Å². The summed E-state index contributed by atoms with van der Waals surface area (Å²) in [6, 6.07) is 33.5. The Balaban J connectivity index is 1.66. The second-order valence-electron chi connectivity index (χ2n) is 7.76. The van der Waals surface area contributed by atoms with Crippen molar-refractivity contribution in [3.05, 3.63) is 106 Å². The van der Waals surface area contributed by atoms with E-state index in [2.05, 4.69) is 105 Å². The summed E-state index contributed by atoms with van der Waals surface area (Å²) in [5.74, 6) is 0.718. The summed E-state index contributed by atoms with van der Waals surface area (Å²) in [6.45, 7) is 0. The van der Waals surface area contributed by atoms with E-state index in [1.807, 2.05) is 35.6 Å². The summed E-state index contributed by atoms with van der Waals surface area (Å²) in [5, 5.41) is 2.51. The molecule has 6 rings (SSSR count). The van der Waals surface area contributed by atoms with Crippen LogP contribution in [0.5, 0.6) is 0 Å². The van der Waals surface area contributed by atoms with Crippen molar-refractivity contribution in [2.75, 3.05) is 0 Å². The maximum atomic E-state index is 5.05. The quantitative estimate of drug-likeness (QED) is 0.211. The lowest BCUT2D eigenvalue weighted by molar-refractivity contribution is 1.18. The van der Waals surface area contributed by atoms with E-state index >= 15 is 0 Å². The predicted molar refractivity (Wildman–Crippen MR) is 147 cm³/mol. The summed E-state index contributed by atoms with van der Waals surface area (Å²) in [6.07, 6.45) is 0. The standard InChI is InChI=1S/C28H16Br2N2S/c29-19-13-18(14-20(30)15-19)23-16-24(32-28(31-23)17-7-2-1-3-8-17)21-10-6-12-26-27(21)22-9-4-5-11-25(22)33-26/h1-16H. The highest BCUT2D eigenvalue weighted by Crippen LogP contribution is 2.40. The normalized spacial score (nSPS) is 11.3. The van der Waals surface area contributed by atoms with Gasteiger partial charge in [0.05, 0.1) is 11.4 Å². The van der Waals surface area contributed by atoms with E-state index in [1.54, 1.807) is 0 Å². The van der Waals surface area contributed by atoms with Crippen LogP contribution >= 0.6 is 43.2 Å². The molecular weight excluding hydrogens is 556 g/mol. The van der Waals surface area contributed by atoms with Gasteiger partial charge < -0.3 is 0 Å². The molecule has 5 heteroatoms. The fraction of sp³-hybridized carbons (Fsp3) is 0. The maximum Gasteiger partial charge on any atom is 0.160 e. The molecule has 6 aromatic rings. The zero-order valence-electron chi connectivity index (χ0n) is 17.3. The van der Waals surface area contributed by atoms with Gasteiger partial charge >= 0.3 is 0 Å². The number of rotatable bonds is 3. The van der Waals surface area contributed by atoms with Gasteiger partial charge in [0, 0.05) is 45.8 Å². The monoisotopic (exact) mass is 570 g/mol. The van der Waals surface area contributed by atoms with Gasteiger partial charge in [0.1, 0.15) is 0 Å². The summed E-state index contributed by atoms with van der Waals surface area (Å²) in [4.78, 5) is 10.0. The number of hydrogen-bond donors (Lipinski definition) is 0. The minimum Gasteiger partial charge on any atom is -0.228 e. The van der Waals surface area contributed by atoms with Crippen LogP contribution in [0, 0.1) is 0 Å². The van der Waals surface area contributed by atoms with E-state index in [1.165, 1.54) is 20.2 Å². The predicted octanol–water partition coefficient (Wildman–Crippen LogP) is 9.37. The highest BCUT2D eigenvalue weighted by Gasteiger charge is 2.15. The van der Waals surface area contributed by atoms with Gasteiger partial charge in [-0.05, 0) is 36.4 Å². The molecule has 0 saturated heterocycles. The molecular formula is C28H16Br2N2S. The average Bonchev–Trinajstić information content (AvgIpc) is 3.22. The van der Waals surface area contributed by atoms with Gasteiger partial charge in [0.25, 0.3) is 0 Å². The van der Waals surface area contributed by atoms with Gasteiger partial charge in [-0.15, -0.1) is 11.3 Å². The minimum atomic E-state index is 0.718. The molecule has 33 heavy (non-hydrogen) atoms. The molecule has 0 N–H and O–H groups in total. The number of aromatic nitrogens is 2. The SMILES string of the molecule is Brc1cc(Br)cc(-c2cc(-c3cccc4sc5ccccc5c34)nc(-c3ccccc3)n2)c1. The molecule has 0 amide bonds. The van der Waals surface area contributed by atoms with E-state index in [0.717, 1.165) is 42.8 Å². The lowest BCUT2D eigenvalue weighted by Gasteiger charge is -2.11. The van der Waals surface area contributed by atoms with Crippen LogP contribution in [0.25, 0.3) is 54.1 Å². The minimum absolute atomic E-state index is 0.718. The third-order valence-electron chi connectivity index (χ3n) is 5.59. The second kappa shape index (κ2) is 8.49. The molecule has 158 valence electrons. The highest BCUT2D eigenvalue weighted by atomic mass is 79.9. The molecule has 0 atom stereocenters. The van der Waals surface area contributed by atoms with E-state index in [4.69, 9.17) is 9.97 Å². The number of nitrogens with zero attached hydrogens (tertiary/aromatic N) is 2. The molecule has 2 aromatic heterocycles. The fourth-order valence-electron chi connectivity index (χ4n) is 4.14. The highest BCUT2D eigenvalue weighted by molar-refractivity contribution is 9.11. The van der Waals surface area contributed by atoms with Crippen LogP contribution in [-0.2, 0) is 0 Å². The second-order valence-corrected chi connectivity index (χ2v) is 10.7. The number of thiophene rings is 1. The largest absolute Gasteiger partial charge is 0.228 e. The first-order chi connectivity index (χ1) is 16.2. The lowest BCUT2D eigenvalue weighted by Crippen LogP contribution is -1.96. The third kappa shape index (κ3) is 3.90. The molecule has 0 aliphatic rings. The number of hydrogen-bond acceptors (Lipinski definition) is 3. The molecule has 0 saturated carbocycles. The van der Waals surface area contributed by atoms with Crippen LogP contribution in [0.15, 0.2) is 106 Å². The molecule has 0 bridgehead atoms. The van der Waals surface area contributed by atoms with Crippen LogP contribution in [0.3, 0.4) is 0 Å². The Morgan fingerprint density at radius 2 is 1.27 bits per heavy atom. The molecule has 4 aromatic carbocycles. The molecule has 0 spiro atoms. The van der Waals surface area contributed by atoms with Gasteiger partial charge in [-0.1, -0.05) is 92.5 Å². The Bertz CT molecular complexity index is 1620. The molecule has 0 fully saturated rings. The Hall–Kier alpha value is -2.86. The number of benzene rings is 4. The number of halogens is 2. The Morgan fingerprint density at radius 1 is 0.576 bits per heavy atom. The molecule has 2 nitrogen and oxygen atoms in total. The van der Waals surface area contributed by atoms with Gasteiger partial charge in [-0.25, -0.2) is 9.97 Å². The van der Waals surface area contributed by atoms with Gasteiger partial charge in [-0.2, -0.15) is 0 Å². The van der Waals surface area contributed by atoms with Crippen molar-refractivity contribution < 1.29 is 0 Å². The summed E-state index contributed by atoms with van der Waals surface area (Å²) >= 11 is 9.06. The van der Waals surface area contributed by atoms with E-state index in [0.29, 0.717) is 0 Å². The first-order valence-corrected chi connectivity index (χ1v) is 12.9. The fourth-order valence-corrected chi connectivity index (χ4v) is 6.57. The number of fused-ring (bicyclic) bond motifs is 3. The van der Waals surface area contributed by atoms with Crippen molar-refractivity contribution in [2.45, 2.75) is 0 Å². The van der Waals surface area contributed by atoms with Crippen LogP contribution in [-0.4, -0.2) is 9.97 Å². The lowest BCUT2D eigenvalue weighted by atomic mass is 10.0. The molecule has 0 aliphatic carbocycles.